The Labute approximate surface area is 364 Å². The number of para-hydroxylation sites is 2. The molecule has 8 aromatic carbocycles. The van der Waals surface area contributed by atoms with Crippen LogP contribution in [0, 0.1) is 0 Å². The average molecular weight is 813 g/mol. The number of thiophene rings is 1. The molecule has 0 bridgehead atoms. The molecule has 62 heavy (non-hydrogen) atoms. The zero-order valence-electron chi connectivity index (χ0n) is 34.9. The Kier molecular flexibility index (Phi) is 6.97. The summed E-state index contributed by atoms with van der Waals surface area (Å²) >= 11 is 1.94. The standard InChI is InChI=1S/C57H41BN2OS/c1-4-5-16-33-27-28-45(40(29-33)34-17-7-6-8-18-34)59-46-32-49-41(36-20-10-13-25-48(36)61-49)30-44(46)58-54-47(59)31-42-35-19-9-12-24-43(35)57(2,3)53(42)52(54)39-23-15-22-38-51-37-21-11-14-26-50(37)62-56(51)60(58)55(38)39/h6-15,17-32H,4-5,16H2,1-3H3. The number of hydrogen-bond donors (Lipinski definition) is 0. The number of nitrogens with zero attached hydrogens (tertiary/aromatic N) is 2. The number of aryl methyl sites for hydroxylation is 1. The Morgan fingerprint density at radius 1 is 0.613 bits per heavy atom. The SMILES string of the molecule is CCCCc1ccc(N2c3cc4oc5ccccc5c4cc3B3c4c2cc2c(c4-c4cccc5c6c7ccccc7sc6n3c45)C(C)(C)c3ccccc3-2)c(-c2ccccc2)c1. The molecule has 0 fully saturated rings. The molecule has 0 radical (unpaired) electrons. The molecule has 0 spiro atoms. The quantitative estimate of drug-likeness (QED) is 0.161. The number of unbranched alkanes of at least 4 members (excludes halogenated alkanes) is 1. The van der Waals surface area contributed by atoms with Gasteiger partial charge in [0.15, 0.2) is 0 Å². The molecule has 0 N–H and O–H groups in total. The number of furan rings is 1. The van der Waals surface area contributed by atoms with E-state index in [-0.39, 0.29) is 12.3 Å². The lowest BCUT2D eigenvalue weighted by Crippen LogP contribution is -2.57. The van der Waals surface area contributed by atoms with E-state index in [2.05, 4.69) is 188 Å². The fourth-order valence-electron chi connectivity index (χ4n) is 11.9. The number of fused-ring (bicyclic) bond motifs is 16. The minimum Gasteiger partial charge on any atom is -0.456 e. The highest BCUT2D eigenvalue weighted by Gasteiger charge is 2.49. The normalized spacial score (nSPS) is 14.3. The van der Waals surface area contributed by atoms with Crippen molar-refractivity contribution in [3.8, 4) is 33.4 Å². The van der Waals surface area contributed by atoms with Crippen LogP contribution in [0.4, 0.5) is 17.1 Å². The van der Waals surface area contributed by atoms with Crippen molar-refractivity contribution in [3.05, 3.63) is 174 Å². The molecule has 294 valence electrons. The van der Waals surface area contributed by atoms with Crippen LogP contribution in [0.15, 0.2) is 162 Å². The Bertz CT molecular complexity index is 3740. The summed E-state index contributed by atoms with van der Waals surface area (Å²) in [5, 5.41) is 6.35. The molecule has 3 aromatic heterocycles. The van der Waals surface area contributed by atoms with E-state index in [0.29, 0.717) is 0 Å². The molecular weight excluding hydrogens is 772 g/mol. The first-order valence-electron chi connectivity index (χ1n) is 22.2. The summed E-state index contributed by atoms with van der Waals surface area (Å²) in [5.74, 6) is 0. The van der Waals surface area contributed by atoms with Gasteiger partial charge in [-0.1, -0.05) is 149 Å². The van der Waals surface area contributed by atoms with Gasteiger partial charge in [0.05, 0.1) is 10.5 Å². The van der Waals surface area contributed by atoms with Gasteiger partial charge in [-0.15, -0.1) is 11.3 Å². The highest BCUT2D eigenvalue weighted by atomic mass is 32.1. The van der Waals surface area contributed by atoms with Crippen molar-refractivity contribution < 1.29 is 4.42 Å². The Morgan fingerprint density at radius 2 is 1.39 bits per heavy atom. The summed E-state index contributed by atoms with van der Waals surface area (Å²) in [7, 11) is 0. The maximum absolute atomic E-state index is 6.80. The average Bonchev–Trinajstić information content (AvgIpc) is 4.03. The van der Waals surface area contributed by atoms with E-state index in [1.807, 2.05) is 11.3 Å². The van der Waals surface area contributed by atoms with Crippen molar-refractivity contribution in [1.82, 2.24) is 4.48 Å². The second-order valence-corrected chi connectivity index (χ2v) is 19.2. The third-order valence-electron chi connectivity index (χ3n) is 14.5. The van der Waals surface area contributed by atoms with Crippen LogP contribution in [-0.2, 0) is 11.8 Å². The van der Waals surface area contributed by atoms with Crippen molar-refractivity contribution in [2.45, 2.75) is 45.4 Å². The van der Waals surface area contributed by atoms with Crippen LogP contribution in [0.3, 0.4) is 0 Å². The van der Waals surface area contributed by atoms with Crippen LogP contribution in [0.5, 0.6) is 0 Å². The summed E-state index contributed by atoms with van der Waals surface area (Å²) in [6, 6.07) is 59.5. The second kappa shape index (κ2) is 12.4. The fraction of sp³-hybridized carbons (Fsp3) is 0.123. The Morgan fingerprint density at radius 3 is 2.27 bits per heavy atom. The van der Waals surface area contributed by atoms with Gasteiger partial charge in [0.2, 0.25) is 0 Å². The van der Waals surface area contributed by atoms with Gasteiger partial charge in [-0.25, -0.2) is 0 Å². The summed E-state index contributed by atoms with van der Waals surface area (Å²) in [5.41, 5.74) is 21.3. The van der Waals surface area contributed by atoms with Gasteiger partial charge in [-0.05, 0) is 93.0 Å². The Balaban J connectivity index is 1.19. The van der Waals surface area contributed by atoms with E-state index in [4.69, 9.17) is 4.42 Å². The van der Waals surface area contributed by atoms with Crippen LogP contribution in [0.2, 0.25) is 0 Å². The zero-order valence-corrected chi connectivity index (χ0v) is 35.7. The minimum atomic E-state index is -0.214. The number of aromatic nitrogens is 1. The van der Waals surface area contributed by atoms with Gasteiger partial charge in [0, 0.05) is 71.1 Å². The first kappa shape index (κ1) is 34.8. The maximum Gasteiger partial charge on any atom is 0.333 e. The summed E-state index contributed by atoms with van der Waals surface area (Å²) in [4.78, 5) is 3.95. The number of hydrogen-bond acceptors (Lipinski definition) is 3. The lowest BCUT2D eigenvalue weighted by atomic mass is 9.44. The lowest BCUT2D eigenvalue weighted by molar-refractivity contribution is 0.662. The molecule has 3 aliphatic rings. The highest BCUT2D eigenvalue weighted by molar-refractivity contribution is 7.26. The molecule has 0 saturated heterocycles. The van der Waals surface area contributed by atoms with Crippen molar-refractivity contribution in [3.63, 3.8) is 0 Å². The number of anilines is 3. The van der Waals surface area contributed by atoms with E-state index >= 15 is 0 Å². The van der Waals surface area contributed by atoms with E-state index < -0.39 is 0 Å². The predicted octanol–water partition coefficient (Wildman–Crippen LogP) is 14.6. The van der Waals surface area contributed by atoms with Crippen LogP contribution in [0.25, 0.3) is 86.5 Å². The highest BCUT2D eigenvalue weighted by Crippen LogP contribution is 2.58. The van der Waals surface area contributed by atoms with E-state index in [9.17, 15) is 0 Å². The van der Waals surface area contributed by atoms with Gasteiger partial charge >= 0.3 is 6.85 Å². The molecule has 0 amide bonds. The van der Waals surface area contributed by atoms with Crippen LogP contribution >= 0.6 is 11.3 Å². The van der Waals surface area contributed by atoms with Crippen molar-refractivity contribution in [1.29, 1.82) is 0 Å². The first-order valence-corrected chi connectivity index (χ1v) is 23.0. The number of benzene rings is 8. The molecule has 0 atom stereocenters. The topological polar surface area (TPSA) is 21.3 Å². The van der Waals surface area contributed by atoms with Gasteiger partial charge in [-0.2, -0.15) is 0 Å². The molecule has 5 heteroatoms. The molecule has 5 heterocycles. The molecule has 2 aliphatic heterocycles. The first-order chi connectivity index (χ1) is 30.5. The summed E-state index contributed by atoms with van der Waals surface area (Å²) in [6.45, 7) is 7.11. The third-order valence-corrected chi connectivity index (χ3v) is 15.7. The molecule has 3 nitrogen and oxygen atoms in total. The van der Waals surface area contributed by atoms with Crippen LogP contribution in [-0.4, -0.2) is 11.3 Å². The van der Waals surface area contributed by atoms with Crippen LogP contribution < -0.4 is 15.8 Å². The summed E-state index contributed by atoms with van der Waals surface area (Å²) < 4.78 is 10.9. The molecule has 0 unspecified atom stereocenters. The minimum absolute atomic E-state index is 0.0823. The van der Waals surface area contributed by atoms with Gasteiger partial charge < -0.3 is 13.8 Å². The van der Waals surface area contributed by atoms with Crippen molar-refractivity contribution >= 4 is 99.3 Å². The van der Waals surface area contributed by atoms with Crippen LogP contribution in [0.1, 0.15) is 50.3 Å². The van der Waals surface area contributed by atoms with Crippen molar-refractivity contribution in [2.75, 3.05) is 4.90 Å². The van der Waals surface area contributed by atoms with Gasteiger partial charge in [0.25, 0.3) is 0 Å². The molecule has 1 aliphatic carbocycles. The summed E-state index contributed by atoms with van der Waals surface area (Å²) in [6.07, 6.45) is 3.38. The maximum atomic E-state index is 6.80. The predicted molar refractivity (Wildman–Crippen MR) is 264 cm³/mol. The molecular formula is C57H41BN2OS. The van der Waals surface area contributed by atoms with Crippen molar-refractivity contribution in [2.24, 2.45) is 0 Å². The Hall–Kier alpha value is -6.82. The molecule has 11 aromatic rings. The molecule has 14 rings (SSSR count). The third kappa shape index (κ3) is 4.41. The molecule has 0 saturated carbocycles. The monoisotopic (exact) mass is 812 g/mol. The smallest absolute Gasteiger partial charge is 0.333 e. The largest absolute Gasteiger partial charge is 0.456 e. The van der Waals surface area contributed by atoms with E-state index in [0.717, 1.165) is 41.2 Å². The fourth-order valence-corrected chi connectivity index (χ4v) is 13.1. The van der Waals surface area contributed by atoms with E-state index in [1.54, 1.807) is 0 Å². The lowest BCUT2D eigenvalue weighted by Gasteiger charge is -2.42. The van der Waals surface area contributed by atoms with E-state index in [1.165, 1.54) is 109 Å². The second-order valence-electron chi connectivity index (χ2n) is 18.2. The van der Waals surface area contributed by atoms with Gasteiger partial charge in [-0.3, -0.25) is 0 Å². The van der Waals surface area contributed by atoms with Gasteiger partial charge in [0.1, 0.15) is 11.2 Å². The number of rotatable bonds is 5. The zero-order chi connectivity index (χ0) is 41.0.